The molecule has 6 heteroatoms. The highest BCUT2D eigenvalue weighted by Gasteiger charge is 2.10. The highest BCUT2D eigenvalue weighted by Crippen LogP contribution is 2.29. The summed E-state index contributed by atoms with van der Waals surface area (Å²) in [7, 11) is 1.57. The third kappa shape index (κ3) is 4.57. The van der Waals surface area contributed by atoms with Crippen LogP contribution in [0.4, 0.5) is 17.1 Å². The Labute approximate surface area is 163 Å². The Balaban J connectivity index is 1.76. The van der Waals surface area contributed by atoms with Crippen molar-refractivity contribution in [2.45, 2.75) is 13.8 Å². The summed E-state index contributed by atoms with van der Waals surface area (Å²) in [5, 5.41) is 6.62. The lowest BCUT2D eigenvalue weighted by molar-refractivity contribution is 0.102. The fourth-order valence-corrected chi connectivity index (χ4v) is 2.95. The third-order valence-corrected chi connectivity index (χ3v) is 4.37. The molecule has 0 atom stereocenters. The minimum Gasteiger partial charge on any atom is -0.495 e. The summed E-state index contributed by atoms with van der Waals surface area (Å²) < 4.78 is 5.15. The van der Waals surface area contributed by atoms with Crippen molar-refractivity contribution >= 4 is 34.6 Å². The number of ether oxygens (including phenoxy) is 1. The van der Waals surface area contributed by atoms with Gasteiger partial charge in [0.1, 0.15) is 5.75 Å². The number of pyridine rings is 1. The summed E-state index contributed by atoms with van der Waals surface area (Å²) in [5.41, 5.74) is 4.86. The number of hydrogen-bond donors (Lipinski definition) is 2. The lowest BCUT2D eigenvalue weighted by Crippen LogP contribution is -2.13. The average molecular weight is 382 g/mol. The lowest BCUT2D eigenvalue weighted by Gasteiger charge is -2.11. The van der Waals surface area contributed by atoms with Gasteiger partial charge in [0.25, 0.3) is 5.91 Å². The molecule has 3 aromatic rings. The fraction of sp³-hybridized carbons (Fsp3) is 0.143. The van der Waals surface area contributed by atoms with Gasteiger partial charge >= 0.3 is 0 Å². The highest BCUT2D eigenvalue weighted by atomic mass is 35.5. The van der Waals surface area contributed by atoms with Crippen LogP contribution < -0.4 is 15.4 Å². The number of anilines is 3. The van der Waals surface area contributed by atoms with Crippen molar-refractivity contribution in [3.8, 4) is 5.75 Å². The van der Waals surface area contributed by atoms with Gasteiger partial charge in [0.15, 0.2) is 0 Å². The molecule has 0 unspecified atom stereocenters. The first-order chi connectivity index (χ1) is 13.0. The summed E-state index contributed by atoms with van der Waals surface area (Å²) in [6.07, 6.45) is 3.18. The van der Waals surface area contributed by atoms with E-state index >= 15 is 0 Å². The Hall–Kier alpha value is -3.05. The molecule has 0 bridgehead atoms. The van der Waals surface area contributed by atoms with E-state index in [2.05, 4.69) is 15.6 Å². The summed E-state index contributed by atoms with van der Waals surface area (Å²) in [5.74, 6) is 0.382. The Kier molecular flexibility index (Phi) is 5.62. The van der Waals surface area contributed by atoms with E-state index in [0.717, 1.165) is 22.5 Å². The minimum atomic E-state index is -0.217. The Bertz CT molecular complexity index is 989. The number of rotatable bonds is 5. The largest absolute Gasteiger partial charge is 0.495 e. The van der Waals surface area contributed by atoms with Crippen molar-refractivity contribution in [3.05, 3.63) is 76.6 Å². The van der Waals surface area contributed by atoms with Crippen molar-refractivity contribution in [1.29, 1.82) is 0 Å². The van der Waals surface area contributed by atoms with Crippen LogP contribution >= 0.6 is 11.6 Å². The zero-order valence-corrected chi connectivity index (χ0v) is 16.1. The second-order valence-electron chi connectivity index (χ2n) is 6.21. The first kappa shape index (κ1) is 18.7. The molecule has 5 nitrogen and oxygen atoms in total. The van der Waals surface area contributed by atoms with E-state index in [0.29, 0.717) is 22.0 Å². The molecule has 0 fully saturated rings. The molecule has 0 aliphatic heterocycles. The van der Waals surface area contributed by atoms with Crippen molar-refractivity contribution < 1.29 is 9.53 Å². The number of carbonyl (C=O) groups excluding carboxylic acids is 1. The van der Waals surface area contributed by atoms with Crippen molar-refractivity contribution in [1.82, 2.24) is 4.98 Å². The van der Waals surface area contributed by atoms with E-state index in [1.54, 1.807) is 31.5 Å². The van der Waals surface area contributed by atoms with Gasteiger partial charge in [-0.1, -0.05) is 29.3 Å². The number of carbonyl (C=O) groups is 1. The van der Waals surface area contributed by atoms with Crippen molar-refractivity contribution in [2.75, 3.05) is 17.7 Å². The maximum atomic E-state index is 12.6. The molecule has 0 saturated heterocycles. The fourth-order valence-electron chi connectivity index (χ4n) is 2.69. The van der Waals surface area contributed by atoms with E-state index < -0.39 is 0 Å². The number of halogens is 1. The first-order valence-corrected chi connectivity index (χ1v) is 8.78. The van der Waals surface area contributed by atoms with E-state index in [1.165, 1.54) is 6.20 Å². The van der Waals surface area contributed by atoms with Crippen LogP contribution in [0, 0.1) is 13.8 Å². The number of methoxy groups -OCH3 is 1. The molecule has 2 N–H and O–H groups in total. The maximum absolute atomic E-state index is 12.6. The third-order valence-electron chi connectivity index (χ3n) is 4.07. The standard InChI is InChI=1S/C21H20ClN3O2/c1-13-4-6-19(14(2)8-13)25-21(26)15-9-17(12-23-11-15)24-16-5-7-20(27-3)18(22)10-16/h4-12,24H,1-3H3,(H,25,26). The van der Waals surface area contributed by atoms with Crippen LogP contribution in [-0.2, 0) is 0 Å². The van der Waals surface area contributed by atoms with Gasteiger partial charge in [-0.15, -0.1) is 0 Å². The molecule has 27 heavy (non-hydrogen) atoms. The molecular formula is C21H20ClN3O2. The molecule has 0 saturated carbocycles. The van der Waals surface area contributed by atoms with E-state index in [-0.39, 0.29) is 5.91 Å². The molecule has 1 aromatic heterocycles. The van der Waals surface area contributed by atoms with Crippen LogP contribution in [0.3, 0.4) is 0 Å². The number of benzene rings is 2. The molecule has 0 spiro atoms. The number of nitrogens with one attached hydrogen (secondary N) is 2. The Morgan fingerprint density at radius 2 is 1.85 bits per heavy atom. The van der Waals surface area contributed by atoms with Gasteiger partial charge in [0.05, 0.1) is 29.6 Å². The molecule has 0 radical (unpaired) electrons. The molecule has 3 rings (SSSR count). The monoisotopic (exact) mass is 381 g/mol. The summed E-state index contributed by atoms with van der Waals surface area (Å²) in [6.45, 7) is 3.98. The normalized spacial score (nSPS) is 10.4. The smallest absolute Gasteiger partial charge is 0.257 e. The second kappa shape index (κ2) is 8.10. The summed E-state index contributed by atoms with van der Waals surface area (Å²) in [6, 6.07) is 13.0. The number of hydrogen-bond acceptors (Lipinski definition) is 4. The SMILES string of the molecule is COc1ccc(Nc2cncc(C(=O)Nc3ccc(C)cc3C)c2)cc1Cl. The minimum absolute atomic E-state index is 0.217. The van der Waals surface area contributed by atoms with E-state index in [1.807, 2.05) is 38.1 Å². The van der Waals surface area contributed by atoms with E-state index in [4.69, 9.17) is 16.3 Å². The molecular weight excluding hydrogens is 362 g/mol. The number of aromatic nitrogens is 1. The van der Waals surface area contributed by atoms with Crippen LogP contribution in [0.1, 0.15) is 21.5 Å². The van der Waals surface area contributed by atoms with Gasteiger partial charge in [-0.2, -0.15) is 0 Å². The molecule has 0 aliphatic rings. The van der Waals surface area contributed by atoms with Gasteiger partial charge in [0.2, 0.25) is 0 Å². The zero-order chi connectivity index (χ0) is 19.4. The quantitative estimate of drug-likeness (QED) is 0.624. The Morgan fingerprint density at radius 3 is 2.56 bits per heavy atom. The summed E-state index contributed by atoms with van der Waals surface area (Å²) in [4.78, 5) is 16.7. The topological polar surface area (TPSA) is 63.2 Å². The zero-order valence-electron chi connectivity index (χ0n) is 15.3. The van der Waals surface area contributed by atoms with Gasteiger partial charge in [-0.3, -0.25) is 9.78 Å². The van der Waals surface area contributed by atoms with Crippen LogP contribution in [0.2, 0.25) is 5.02 Å². The van der Waals surface area contributed by atoms with Gasteiger partial charge in [-0.05, 0) is 49.7 Å². The predicted molar refractivity (Wildman–Crippen MR) is 109 cm³/mol. The molecule has 1 amide bonds. The summed E-state index contributed by atoms with van der Waals surface area (Å²) >= 11 is 6.15. The predicted octanol–water partition coefficient (Wildman–Crippen LogP) is 5.36. The highest BCUT2D eigenvalue weighted by molar-refractivity contribution is 6.32. The van der Waals surface area contributed by atoms with Gasteiger partial charge in [0, 0.05) is 17.6 Å². The lowest BCUT2D eigenvalue weighted by atomic mass is 10.1. The molecule has 2 aromatic carbocycles. The van der Waals surface area contributed by atoms with Crippen molar-refractivity contribution in [2.24, 2.45) is 0 Å². The second-order valence-corrected chi connectivity index (χ2v) is 6.62. The Morgan fingerprint density at radius 1 is 1.04 bits per heavy atom. The number of aryl methyl sites for hydroxylation is 2. The molecule has 1 heterocycles. The number of nitrogens with zero attached hydrogens (tertiary/aromatic N) is 1. The maximum Gasteiger partial charge on any atom is 0.257 e. The molecule has 138 valence electrons. The van der Waals surface area contributed by atoms with Gasteiger partial charge < -0.3 is 15.4 Å². The van der Waals surface area contributed by atoms with Crippen LogP contribution in [0.25, 0.3) is 0 Å². The van der Waals surface area contributed by atoms with Crippen LogP contribution in [-0.4, -0.2) is 18.0 Å². The molecule has 0 aliphatic carbocycles. The average Bonchev–Trinajstić information content (AvgIpc) is 2.64. The van der Waals surface area contributed by atoms with E-state index in [9.17, 15) is 4.79 Å². The van der Waals surface area contributed by atoms with Crippen molar-refractivity contribution in [3.63, 3.8) is 0 Å². The first-order valence-electron chi connectivity index (χ1n) is 8.40. The van der Waals surface area contributed by atoms with Crippen LogP contribution in [0.15, 0.2) is 54.9 Å². The van der Waals surface area contributed by atoms with Gasteiger partial charge in [-0.25, -0.2) is 0 Å². The van der Waals surface area contributed by atoms with Crippen LogP contribution in [0.5, 0.6) is 5.75 Å². The number of amides is 1.